The summed E-state index contributed by atoms with van der Waals surface area (Å²) in [5.41, 5.74) is 5.66. The van der Waals surface area contributed by atoms with Gasteiger partial charge in [0.05, 0.1) is 5.69 Å². The SMILES string of the molecule is O=C1CCCc2cc(-c3csc(-c4ccncc4)n3)ccc2N1C1CCCCC1. The molecule has 1 aliphatic heterocycles. The monoisotopic (exact) mass is 403 g/mol. The number of aryl methyl sites for hydroxylation is 1. The van der Waals surface area contributed by atoms with Gasteiger partial charge < -0.3 is 4.90 Å². The van der Waals surface area contributed by atoms with E-state index in [0.29, 0.717) is 18.4 Å². The Morgan fingerprint density at radius 1 is 0.931 bits per heavy atom. The van der Waals surface area contributed by atoms with Crippen molar-refractivity contribution in [1.29, 1.82) is 0 Å². The first-order valence-corrected chi connectivity index (χ1v) is 11.5. The number of aromatic nitrogens is 2. The summed E-state index contributed by atoms with van der Waals surface area (Å²) >= 11 is 1.66. The van der Waals surface area contributed by atoms with E-state index >= 15 is 0 Å². The third-order valence-corrected chi connectivity index (χ3v) is 7.00. The van der Waals surface area contributed by atoms with Gasteiger partial charge in [0.25, 0.3) is 0 Å². The Morgan fingerprint density at radius 3 is 2.59 bits per heavy atom. The molecule has 0 atom stereocenters. The molecule has 148 valence electrons. The first-order valence-electron chi connectivity index (χ1n) is 10.6. The standard InChI is InChI=1S/C24H25N3OS/c28-23-8-4-5-19-15-18(9-10-22(19)27(23)20-6-2-1-3-7-20)21-16-29-24(26-21)17-11-13-25-14-12-17/h9-16,20H,1-8H2. The summed E-state index contributed by atoms with van der Waals surface area (Å²) in [6.45, 7) is 0. The lowest BCUT2D eigenvalue weighted by atomic mass is 9.93. The van der Waals surface area contributed by atoms with E-state index in [2.05, 4.69) is 33.5 Å². The van der Waals surface area contributed by atoms with Crippen LogP contribution >= 0.6 is 11.3 Å². The number of fused-ring (bicyclic) bond motifs is 1. The summed E-state index contributed by atoms with van der Waals surface area (Å²) in [7, 11) is 0. The average Bonchev–Trinajstić information content (AvgIpc) is 3.20. The Hall–Kier alpha value is -2.53. The highest BCUT2D eigenvalue weighted by molar-refractivity contribution is 7.13. The van der Waals surface area contributed by atoms with Crippen LogP contribution < -0.4 is 4.90 Å². The fourth-order valence-electron chi connectivity index (χ4n) is 4.64. The molecule has 0 bridgehead atoms. The molecule has 4 nitrogen and oxygen atoms in total. The maximum absolute atomic E-state index is 12.9. The maximum Gasteiger partial charge on any atom is 0.227 e. The fourth-order valence-corrected chi connectivity index (χ4v) is 5.47. The average molecular weight is 404 g/mol. The number of hydrogen-bond acceptors (Lipinski definition) is 4. The van der Waals surface area contributed by atoms with Crippen molar-refractivity contribution in [2.45, 2.75) is 57.4 Å². The number of amides is 1. The van der Waals surface area contributed by atoms with Crippen molar-refractivity contribution in [3.8, 4) is 21.8 Å². The van der Waals surface area contributed by atoms with Crippen LogP contribution in [-0.2, 0) is 11.2 Å². The summed E-state index contributed by atoms with van der Waals surface area (Å²) in [5, 5.41) is 3.13. The van der Waals surface area contributed by atoms with Crippen molar-refractivity contribution in [3.05, 3.63) is 53.7 Å². The van der Waals surface area contributed by atoms with Crippen LogP contribution in [0.3, 0.4) is 0 Å². The number of hydrogen-bond donors (Lipinski definition) is 0. The van der Waals surface area contributed by atoms with Crippen LogP contribution in [0.2, 0.25) is 0 Å². The highest BCUT2D eigenvalue weighted by Crippen LogP contribution is 2.36. The number of benzene rings is 1. The van der Waals surface area contributed by atoms with E-state index in [1.807, 2.05) is 12.1 Å². The van der Waals surface area contributed by atoms with Crippen molar-refractivity contribution < 1.29 is 4.79 Å². The molecule has 2 aliphatic rings. The predicted octanol–water partition coefficient (Wildman–Crippen LogP) is 5.87. The minimum absolute atomic E-state index is 0.303. The molecule has 0 saturated heterocycles. The molecule has 1 amide bonds. The van der Waals surface area contributed by atoms with Crippen molar-refractivity contribution in [2.75, 3.05) is 4.90 Å². The molecule has 0 unspecified atom stereocenters. The van der Waals surface area contributed by atoms with Crippen LogP contribution in [0.5, 0.6) is 0 Å². The molecule has 2 aromatic heterocycles. The number of nitrogens with zero attached hydrogens (tertiary/aromatic N) is 3. The smallest absolute Gasteiger partial charge is 0.227 e. The van der Waals surface area contributed by atoms with Crippen LogP contribution in [0.4, 0.5) is 5.69 Å². The third kappa shape index (κ3) is 3.71. The van der Waals surface area contributed by atoms with E-state index in [-0.39, 0.29) is 0 Å². The highest BCUT2D eigenvalue weighted by Gasteiger charge is 2.30. The van der Waals surface area contributed by atoms with Gasteiger partial charge in [-0.05, 0) is 55.5 Å². The Kier molecular flexibility index (Phi) is 5.15. The van der Waals surface area contributed by atoms with Crippen molar-refractivity contribution in [1.82, 2.24) is 9.97 Å². The van der Waals surface area contributed by atoms with E-state index in [0.717, 1.165) is 53.2 Å². The minimum Gasteiger partial charge on any atom is -0.309 e. The molecule has 0 spiro atoms. The number of carbonyl (C=O) groups is 1. The summed E-state index contributed by atoms with van der Waals surface area (Å²) in [6, 6.07) is 10.9. The van der Waals surface area contributed by atoms with E-state index in [9.17, 15) is 4.79 Å². The molecular formula is C24H25N3OS. The van der Waals surface area contributed by atoms with Gasteiger partial charge in [-0.1, -0.05) is 25.3 Å². The van der Waals surface area contributed by atoms with Gasteiger partial charge in [-0.15, -0.1) is 11.3 Å². The Morgan fingerprint density at radius 2 is 1.76 bits per heavy atom. The van der Waals surface area contributed by atoms with Gasteiger partial charge in [-0.3, -0.25) is 9.78 Å². The third-order valence-electron chi connectivity index (χ3n) is 6.11. The van der Waals surface area contributed by atoms with E-state index in [1.165, 1.54) is 24.8 Å². The molecular weight excluding hydrogens is 378 g/mol. The molecule has 1 aliphatic carbocycles. The van der Waals surface area contributed by atoms with Crippen molar-refractivity contribution in [2.24, 2.45) is 0 Å². The molecule has 3 aromatic rings. The first-order chi connectivity index (χ1) is 14.3. The van der Waals surface area contributed by atoms with Gasteiger partial charge in [0.1, 0.15) is 5.01 Å². The van der Waals surface area contributed by atoms with Gasteiger partial charge in [0.2, 0.25) is 5.91 Å². The Labute approximate surface area is 175 Å². The zero-order valence-electron chi connectivity index (χ0n) is 16.5. The van der Waals surface area contributed by atoms with E-state index < -0.39 is 0 Å². The van der Waals surface area contributed by atoms with Crippen molar-refractivity contribution >= 4 is 22.9 Å². The van der Waals surface area contributed by atoms with Crippen LogP contribution in [-0.4, -0.2) is 21.9 Å². The second kappa shape index (κ2) is 8.07. The lowest BCUT2D eigenvalue weighted by molar-refractivity contribution is -0.119. The predicted molar refractivity (Wildman–Crippen MR) is 118 cm³/mol. The van der Waals surface area contributed by atoms with Gasteiger partial charge in [0.15, 0.2) is 0 Å². The molecule has 1 aromatic carbocycles. The number of pyridine rings is 1. The summed E-state index contributed by atoms with van der Waals surface area (Å²) < 4.78 is 0. The van der Waals surface area contributed by atoms with Gasteiger partial charge in [-0.2, -0.15) is 0 Å². The number of thiazole rings is 1. The molecule has 5 rings (SSSR count). The van der Waals surface area contributed by atoms with Crippen LogP contribution in [0.25, 0.3) is 21.8 Å². The second-order valence-electron chi connectivity index (χ2n) is 8.03. The zero-order chi connectivity index (χ0) is 19.6. The van der Waals surface area contributed by atoms with Crippen LogP contribution in [0, 0.1) is 0 Å². The molecule has 5 heteroatoms. The lowest BCUT2D eigenvalue weighted by Crippen LogP contribution is -2.41. The fraction of sp³-hybridized carbons (Fsp3) is 0.375. The topological polar surface area (TPSA) is 46.1 Å². The number of rotatable bonds is 3. The van der Waals surface area contributed by atoms with Gasteiger partial charge >= 0.3 is 0 Å². The summed E-state index contributed by atoms with van der Waals surface area (Å²) in [6.07, 6.45) is 12.2. The van der Waals surface area contributed by atoms with Crippen LogP contribution in [0.1, 0.15) is 50.5 Å². The largest absolute Gasteiger partial charge is 0.309 e. The molecule has 1 saturated carbocycles. The highest BCUT2D eigenvalue weighted by atomic mass is 32.1. The number of anilines is 1. The molecule has 3 heterocycles. The summed E-state index contributed by atoms with van der Waals surface area (Å²) in [4.78, 5) is 24.0. The molecule has 0 N–H and O–H groups in total. The molecule has 0 radical (unpaired) electrons. The van der Waals surface area contributed by atoms with E-state index in [4.69, 9.17) is 4.98 Å². The molecule has 29 heavy (non-hydrogen) atoms. The van der Waals surface area contributed by atoms with E-state index in [1.54, 1.807) is 23.7 Å². The second-order valence-corrected chi connectivity index (χ2v) is 8.88. The van der Waals surface area contributed by atoms with Crippen molar-refractivity contribution in [3.63, 3.8) is 0 Å². The van der Waals surface area contributed by atoms with Gasteiger partial charge in [-0.25, -0.2) is 4.98 Å². The minimum atomic E-state index is 0.303. The molecule has 1 fully saturated rings. The van der Waals surface area contributed by atoms with Crippen LogP contribution in [0.15, 0.2) is 48.1 Å². The van der Waals surface area contributed by atoms with Gasteiger partial charge in [0, 0.05) is 47.1 Å². The Balaban J connectivity index is 1.48. The quantitative estimate of drug-likeness (QED) is 0.549. The number of carbonyl (C=O) groups excluding carboxylic acids is 1. The first kappa shape index (κ1) is 18.5. The summed E-state index contributed by atoms with van der Waals surface area (Å²) in [5.74, 6) is 0.303. The zero-order valence-corrected chi connectivity index (χ0v) is 17.3. The maximum atomic E-state index is 12.9. The Bertz CT molecular complexity index is 1010. The normalized spacial score (nSPS) is 17.8. The lowest BCUT2D eigenvalue weighted by Gasteiger charge is -2.34.